The van der Waals surface area contributed by atoms with Crippen molar-refractivity contribution in [2.75, 3.05) is 37.3 Å². The van der Waals surface area contributed by atoms with Gasteiger partial charge in [0.25, 0.3) is 0 Å². The monoisotopic (exact) mass is 382 g/mol. The standard InChI is InChI=1S/C18H26N2O5S/c1-14-8-11-19(12-9-14)17(21)10-13-20(26(3,23)24)16-6-4-15(5-7-16)18(22)25-2/h4-7,14H,8-13H2,1-3H3. The molecule has 7 nitrogen and oxygen atoms in total. The van der Waals surface area contributed by atoms with Gasteiger partial charge in [-0.25, -0.2) is 13.2 Å². The number of nitrogens with zero attached hydrogens (tertiary/aromatic N) is 2. The second-order valence-electron chi connectivity index (χ2n) is 6.69. The number of benzene rings is 1. The minimum atomic E-state index is -3.55. The Balaban J connectivity index is 2.06. The van der Waals surface area contributed by atoms with Crippen LogP contribution in [0.3, 0.4) is 0 Å². The van der Waals surface area contributed by atoms with Crippen LogP contribution in [0.25, 0.3) is 0 Å². The second-order valence-corrected chi connectivity index (χ2v) is 8.59. The summed E-state index contributed by atoms with van der Waals surface area (Å²) in [6.45, 7) is 3.70. The van der Waals surface area contributed by atoms with Gasteiger partial charge in [0, 0.05) is 26.1 Å². The molecule has 0 aliphatic carbocycles. The van der Waals surface area contributed by atoms with Crippen molar-refractivity contribution in [3.8, 4) is 0 Å². The summed E-state index contributed by atoms with van der Waals surface area (Å²) in [5.74, 6) is 0.105. The molecule has 1 heterocycles. The molecule has 2 rings (SSSR count). The molecule has 1 fully saturated rings. The molecular formula is C18H26N2O5S. The van der Waals surface area contributed by atoms with Gasteiger partial charge in [0.05, 0.1) is 24.6 Å². The van der Waals surface area contributed by atoms with E-state index in [-0.39, 0.29) is 18.9 Å². The lowest BCUT2D eigenvalue weighted by molar-refractivity contribution is -0.132. The van der Waals surface area contributed by atoms with Crippen LogP contribution in [-0.2, 0) is 19.6 Å². The number of hydrogen-bond acceptors (Lipinski definition) is 5. The lowest BCUT2D eigenvalue weighted by atomic mass is 9.99. The normalized spacial score (nSPS) is 15.6. The molecule has 1 saturated heterocycles. The highest BCUT2D eigenvalue weighted by molar-refractivity contribution is 7.92. The number of carbonyl (C=O) groups excluding carboxylic acids is 2. The maximum atomic E-state index is 12.4. The van der Waals surface area contributed by atoms with E-state index in [1.807, 2.05) is 0 Å². The molecule has 26 heavy (non-hydrogen) atoms. The summed E-state index contributed by atoms with van der Waals surface area (Å²) in [6, 6.07) is 6.10. The van der Waals surface area contributed by atoms with Gasteiger partial charge in [0.15, 0.2) is 0 Å². The average Bonchev–Trinajstić information content (AvgIpc) is 2.61. The quantitative estimate of drug-likeness (QED) is 0.702. The Hall–Kier alpha value is -2.09. The third-order valence-electron chi connectivity index (χ3n) is 4.64. The number of ether oxygens (including phenoxy) is 1. The smallest absolute Gasteiger partial charge is 0.337 e. The van der Waals surface area contributed by atoms with Gasteiger partial charge in [-0.3, -0.25) is 9.10 Å². The third kappa shape index (κ3) is 5.20. The zero-order valence-corrected chi connectivity index (χ0v) is 16.3. The molecule has 1 aliphatic heterocycles. The van der Waals surface area contributed by atoms with E-state index in [4.69, 9.17) is 0 Å². The lowest BCUT2D eigenvalue weighted by Gasteiger charge is -2.31. The first-order valence-electron chi connectivity index (χ1n) is 8.66. The number of likely N-dealkylation sites (tertiary alicyclic amines) is 1. The van der Waals surface area contributed by atoms with Crippen LogP contribution in [0.2, 0.25) is 0 Å². The molecule has 0 aromatic heterocycles. The van der Waals surface area contributed by atoms with Crippen LogP contribution in [0.15, 0.2) is 24.3 Å². The predicted molar refractivity (Wildman–Crippen MR) is 99.6 cm³/mol. The number of esters is 1. The number of anilines is 1. The van der Waals surface area contributed by atoms with Gasteiger partial charge in [-0.1, -0.05) is 6.92 Å². The van der Waals surface area contributed by atoms with E-state index in [2.05, 4.69) is 11.7 Å². The average molecular weight is 382 g/mol. The van der Waals surface area contributed by atoms with E-state index >= 15 is 0 Å². The first kappa shape index (κ1) is 20.2. The van der Waals surface area contributed by atoms with Crippen molar-refractivity contribution in [3.63, 3.8) is 0 Å². The van der Waals surface area contributed by atoms with E-state index < -0.39 is 16.0 Å². The molecule has 0 N–H and O–H groups in total. The number of rotatable bonds is 6. The molecule has 0 atom stereocenters. The van der Waals surface area contributed by atoms with Crippen LogP contribution >= 0.6 is 0 Å². The second kappa shape index (κ2) is 8.53. The molecule has 1 aromatic carbocycles. The number of sulfonamides is 1. The van der Waals surface area contributed by atoms with Gasteiger partial charge >= 0.3 is 5.97 Å². The van der Waals surface area contributed by atoms with E-state index in [0.717, 1.165) is 32.2 Å². The first-order chi connectivity index (χ1) is 12.2. The molecule has 0 bridgehead atoms. The van der Waals surface area contributed by atoms with Gasteiger partial charge in [0.1, 0.15) is 0 Å². The highest BCUT2D eigenvalue weighted by Gasteiger charge is 2.23. The van der Waals surface area contributed by atoms with E-state index in [1.165, 1.54) is 23.5 Å². The van der Waals surface area contributed by atoms with Crippen LogP contribution in [0, 0.1) is 5.92 Å². The van der Waals surface area contributed by atoms with Crippen molar-refractivity contribution in [2.45, 2.75) is 26.2 Å². The van der Waals surface area contributed by atoms with Crippen molar-refractivity contribution in [1.29, 1.82) is 0 Å². The highest BCUT2D eigenvalue weighted by atomic mass is 32.2. The Kier molecular flexibility index (Phi) is 6.63. The lowest BCUT2D eigenvalue weighted by Crippen LogP contribution is -2.40. The van der Waals surface area contributed by atoms with Crippen molar-refractivity contribution < 1.29 is 22.7 Å². The Labute approximate surface area is 155 Å². The Morgan fingerprint density at radius 1 is 1.19 bits per heavy atom. The third-order valence-corrected chi connectivity index (χ3v) is 5.84. The fourth-order valence-electron chi connectivity index (χ4n) is 2.98. The van der Waals surface area contributed by atoms with Gasteiger partial charge in [-0.15, -0.1) is 0 Å². The molecule has 144 valence electrons. The van der Waals surface area contributed by atoms with Gasteiger partial charge in [-0.2, -0.15) is 0 Å². The molecule has 0 unspecified atom stereocenters. The number of hydrogen-bond donors (Lipinski definition) is 0. The molecular weight excluding hydrogens is 356 g/mol. The van der Waals surface area contributed by atoms with Crippen LogP contribution in [0.5, 0.6) is 0 Å². The number of amides is 1. The summed E-state index contributed by atoms with van der Waals surface area (Å²) in [7, 11) is -2.26. The molecule has 8 heteroatoms. The van der Waals surface area contributed by atoms with Crippen molar-refractivity contribution in [3.05, 3.63) is 29.8 Å². The van der Waals surface area contributed by atoms with Crippen LogP contribution in [-0.4, -0.2) is 58.2 Å². The minimum Gasteiger partial charge on any atom is -0.465 e. The molecule has 1 aromatic rings. The zero-order valence-electron chi connectivity index (χ0n) is 15.5. The number of methoxy groups -OCH3 is 1. The van der Waals surface area contributed by atoms with Crippen molar-refractivity contribution >= 4 is 27.6 Å². The van der Waals surface area contributed by atoms with Gasteiger partial charge < -0.3 is 9.64 Å². The molecule has 0 spiro atoms. The summed E-state index contributed by atoms with van der Waals surface area (Å²) in [5.41, 5.74) is 0.753. The largest absolute Gasteiger partial charge is 0.465 e. The predicted octanol–water partition coefficient (Wildman–Crippen LogP) is 1.89. The summed E-state index contributed by atoms with van der Waals surface area (Å²) in [6.07, 6.45) is 3.20. The molecule has 0 saturated carbocycles. The Morgan fingerprint density at radius 2 is 1.77 bits per heavy atom. The maximum absolute atomic E-state index is 12.4. The van der Waals surface area contributed by atoms with Crippen LogP contribution in [0.1, 0.15) is 36.5 Å². The number of piperidine rings is 1. The summed E-state index contributed by atoms with van der Waals surface area (Å²) < 4.78 is 30.1. The van der Waals surface area contributed by atoms with Crippen LogP contribution < -0.4 is 4.31 Å². The molecule has 0 radical (unpaired) electrons. The maximum Gasteiger partial charge on any atom is 0.337 e. The highest BCUT2D eigenvalue weighted by Crippen LogP contribution is 2.21. The SMILES string of the molecule is COC(=O)c1ccc(N(CCC(=O)N2CCC(C)CC2)S(C)(=O)=O)cc1. The fourth-order valence-corrected chi connectivity index (χ4v) is 3.91. The number of carbonyl (C=O) groups is 2. The van der Waals surface area contributed by atoms with E-state index in [0.29, 0.717) is 17.2 Å². The van der Waals surface area contributed by atoms with Crippen molar-refractivity contribution in [1.82, 2.24) is 4.90 Å². The topological polar surface area (TPSA) is 84.0 Å². The molecule has 1 aliphatic rings. The van der Waals surface area contributed by atoms with E-state index in [9.17, 15) is 18.0 Å². The first-order valence-corrected chi connectivity index (χ1v) is 10.5. The summed E-state index contributed by atoms with van der Waals surface area (Å²) >= 11 is 0. The molecule has 1 amide bonds. The van der Waals surface area contributed by atoms with Crippen molar-refractivity contribution in [2.24, 2.45) is 5.92 Å². The van der Waals surface area contributed by atoms with Crippen LogP contribution in [0.4, 0.5) is 5.69 Å². The zero-order chi connectivity index (χ0) is 19.3. The van der Waals surface area contributed by atoms with Gasteiger partial charge in [-0.05, 0) is 43.0 Å². The van der Waals surface area contributed by atoms with Gasteiger partial charge in [0.2, 0.25) is 15.9 Å². The summed E-state index contributed by atoms with van der Waals surface area (Å²) in [5, 5.41) is 0. The summed E-state index contributed by atoms with van der Waals surface area (Å²) in [4.78, 5) is 25.7. The fraction of sp³-hybridized carbons (Fsp3) is 0.556. The van der Waals surface area contributed by atoms with E-state index in [1.54, 1.807) is 17.0 Å². The Morgan fingerprint density at radius 3 is 2.27 bits per heavy atom. The minimum absolute atomic E-state index is 0.0308. The Bertz CT molecular complexity index is 737.